The lowest BCUT2D eigenvalue weighted by Crippen LogP contribution is -2.71. The summed E-state index contributed by atoms with van der Waals surface area (Å²) in [5.74, 6) is -0.863. The maximum atomic E-state index is 12.7. The smallest absolute Gasteiger partial charge is 0.217 e. The normalized spacial score (nSPS) is 45.8. The van der Waals surface area contributed by atoms with Gasteiger partial charge in [0.2, 0.25) is 5.91 Å². The van der Waals surface area contributed by atoms with E-state index in [-0.39, 0.29) is 6.29 Å². The molecule has 4 fully saturated rings. The molecule has 0 bridgehead atoms. The van der Waals surface area contributed by atoms with Crippen LogP contribution in [0.5, 0.6) is 0 Å². The van der Waals surface area contributed by atoms with E-state index in [0.717, 1.165) is 6.92 Å². The third-order valence-corrected chi connectivity index (χ3v) is 10.2. The van der Waals surface area contributed by atoms with E-state index in [1.165, 1.54) is 6.92 Å². The number of hydrogen-bond acceptors (Lipinski definition) is 25. The van der Waals surface area contributed by atoms with E-state index < -0.39 is 180 Å². The number of amides is 1. The first-order chi connectivity index (χ1) is 27.3. The summed E-state index contributed by atoms with van der Waals surface area (Å²) < 4.78 is 45.8. The highest BCUT2D eigenvalue weighted by Gasteiger charge is 2.57. The van der Waals surface area contributed by atoms with Gasteiger partial charge in [-0.2, -0.15) is 0 Å². The van der Waals surface area contributed by atoms with Gasteiger partial charge >= 0.3 is 0 Å². The highest BCUT2D eigenvalue weighted by atomic mass is 16.8. The molecule has 4 aliphatic heterocycles. The molecule has 1 amide bonds. The van der Waals surface area contributed by atoms with E-state index >= 15 is 0 Å². The Kier molecular flexibility index (Phi) is 18.0. The monoisotopic (exact) mass is 853 g/mol. The summed E-state index contributed by atoms with van der Waals surface area (Å²) in [7, 11) is 0. The Hall–Kier alpha value is -1.78. The summed E-state index contributed by atoms with van der Waals surface area (Å²) in [5, 5.41) is 159. The average Bonchev–Trinajstić information content (AvgIpc) is 3.20. The lowest BCUT2D eigenvalue weighted by molar-refractivity contribution is -0.388. The van der Waals surface area contributed by atoms with Crippen molar-refractivity contribution in [3.63, 3.8) is 0 Å². The van der Waals surface area contributed by atoms with Crippen molar-refractivity contribution in [1.82, 2.24) is 5.32 Å². The number of carbonyl (C=O) groups excluding carboxylic acids is 2. The molecule has 0 radical (unpaired) electrons. The first kappa shape index (κ1) is 48.9. The van der Waals surface area contributed by atoms with Gasteiger partial charge in [-0.25, -0.2) is 0 Å². The molecule has 4 heterocycles. The van der Waals surface area contributed by atoms with Crippen LogP contribution in [0.15, 0.2) is 0 Å². The number of aliphatic hydroxyl groups excluding tert-OH is 15. The van der Waals surface area contributed by atoms with Crippen LogP contribution < -0.4 is 5.32 Å². The summed E-state index contributed by atoms with van der Waals surface area (Å²) in [6.45, 7) is -1.74. The Morgan fingerprint density at radius 3 is 1.67 bits per heavy atom. The Balaban J connectivity index is 1.75. The van der Waals surface area contributed by atoms with Crippen molar-refractivity contribution in [2.24, 2.45) is 0 Å². The van der Waals surface area contributed by atoms with Crippen molar-refractivity contribution in [1.29, 1.82) is 0 Å². The van der Waals surface area contributed by atoms with Crippen molar-refractivity contribution < 1.29 is 124 Å². The number of nitrogens with one attached hydrogen (secondary N) is 1. The third-order valence-electron chi connectivity index (χ3n) is 10.2. The van der Waals surface area contributed by atoms with E-state index in [1.807, 2.05) is 0 Å². The summed E-state index contributed by atoms with van der Waals surface area (Å²) >= 11 is 0. The SMILES string of the molecule is CC(=O)N[C@H]1[C@H](O[C@H]2[C@@H](O)[C@H](CO)O[C@@H](O[C@@H]([C@H](O)[C@@H](O)C=O)[C@H](O)CO)[C@@H]2O)O[C@H](CO)[C@@H](O[C@@H]2O[C@@H](C)[C@@H](O)[C@@H](O)[C@@H]2O)[C@@H]1O[C@@H]1O[C@H](CO)[C@H](O)[C@@H](O)[C@H]1O. The van der Waals surface area contributed by atoms with Gasteiger partial charge in [-0.1, -0.05) is 0 Å². The third kappa shape index (κ3) is 10.6. The maximum Gasteiger partial charge on any atom is 0.217 e. The van der Waals surface area contributed by atoms with Gasteiger partial charge in [0.1, 0.15) is 116 Å². The van der Waals surface area contributed by atoms with Crippen LogP contribution in [0.2, 0.25) is 0 Å². The van der Waals surface area contributed by atoms with Crippen molar-refractivity contribution in [2.75, 3.05) is 26.4 Å². The van der Waals surface area contributed by atoms with Gasteiger partial charge in [0.05, 0.1) is 32.5 Å². The molecule has 338 valence electrons. The first-order valence-electron chi connectivity index (χ1n) is 18.2. The number of carbonyl (C=O) groups is 2. The van der Waals surface area contributed by atoms with Crippen LogP contribution in [0.25, 0.3) is 0 Å². The molecule has 0 aliphatic carbocycles. The van der Waals surface area contributed by atoms with Crippen LogP contribution in [0.1, 0.15) is 13.8 Å². The van der Waals surface area contributed by atoms with Crippen molar-refractivity contribution in [2.45, 2.75) is 161 Å². The van der Waals surface area contributed by atoms with Gasteiger partial charge in [0.25, 0.3) is 0 Å². The molecule has 0 unspecified atom stereocenters. The molecular formula is C32H55NO25. The van der Waals surface area contributed by atoms with Gasteiger partial charge in [-0.05, 0) is 6.92 Å². The molecule has 4 aliphatic rings. The molecular weight excluding hydrogens is 798 g/mol. The van der Waals surface area contributed by atoms with Crippen LogP contribution in [0, 0.1) is 0 Å². The highest BCUT2D eigenvalue weighted by Crippen LogP contribution is 2.36. The van der Waals surface area contributed by atoms with Gasteiger partial charge < -0.3 is 125 Å². The summed E-state index contributed by atoms with van der Waals surface area (Å²) in [5.41, 5.74) is 0. The summed E-state index contributed by atoms with van der Waals surface area (Å²) in [6.07, 6.45) is -43.9. The van der Waals surface area contributed by atoms with E-state index in [0.29, 0.717) is 0 Å². The molecule has 16 N–H and O–H groups in total. The molecule has 24 atom stereocenters. The van der Waals surface area contributed by atoms with Crippen LogP contribution >= 0.6 is 0 Å². The second-order valence-electron chi connectivity index (χ2n) is 14.3. The minimum absolute atomic E-state index is 0.123. The predicted molar refractivity (Wildman–Crippen MR) is 178 cm³/mol. The lowest BCUT2D eigenvalue weighted by atomic mass is 9.93. The van der Waals surface area contributed by atoms with Crippen LogP contribution in [0.3, 0.4) is 0 Å². The molecule has 0 aromatic rings. The molecule has 0 saturated carbocycles. The van der Waals surface area contributed by atoms with Crippen molar-refractivity contribution in [3.05, 3.63) is 0 Å². The zero-order chi connectivity index (χ0) is 43.3. The Morgan fingerprint density at radius 1 is 0.621 bits per heavy atom. The maximum absolute atomic E-state index is 12.7. The van der Waals surface area contributed by atoms with Gasteiger partial charge in [0, 0.05) is 6.92 Å². The molecule has 0 aromatic carbocycles. The largest absolute Gasteiger partial charge is 0.394 e. The van der Waals surface area contributed by atoms with Gasteiger partial charge in [0.15, 0.2) is 31.4 Å². The van der Waals surface area contributed by atoms with Crippen molar-refractivity contribution in [3.8, 4) is 0 Å². The standard InChI is InChI=1S/C32H55NO25/c1-8-16(42)20(46)22(48)30(51-8)56-26-14(7-38)54-29(15(33-9(2)39)27(26)57-31-23(49)21(47)18(44)12(5-36)52-31)58-28-19(45)13(6-37)53-32(24(28)50)55-25(11(41)4-35)17(43)10(40)3-34/h3,8,10-32,35-38,40-50H,4-7H2,1-2H3,(H,33,39)/t8-,10-,11+,12+,13-,14+,15+,16+,17+,18-,19-,20+,21+,22-,23+,24+,25+,26+,27+,28-,29-,30-,31-,32-/m0/s1. The van der Waals surface area contributed by atoms with Gasteiger partial charge in [-0.3, -0.25) is 4.79 Å². The molecule has 4 saturated heterocycles. The minimum Gasteiger partial charge on any atom is -0.394 e. The van der Waals surface area contributed by atoms with E-state index in [2.05, 4.69) is 5.32 Å². The first-order valence-corrected chi connectivity index (χ1v) is 18.2. The van der Waals surface area contributed by atoms with Crippen LogP contribution in [-0.2, 0) is 47.5 Å². The van der Waals surface area contributed by atoms with E-state index in [9.17, 15) is 86.2 Å². The second kappa shape index (κ2) is 21.3. The van der Waals surface area contributed by atoms with E-state index in [1.54, 1.807) is 0 Å². The van der Waals surface area contributed by atoms with Gasteiger partial charge in [-0.15, -0.1) is 0 Å². The molecule has 0 spiro atoms. The average molecular weight is 854 g/mol. The van der Waals surface area contributed by atoms with Crippen molar-refractivity contribution >= 4 is 12.2 Å². The van der Waals surface area contributed by atoms with Crippen LogP contribution in [-0.4, -0.2) is 262 Å². The fraction of sp³-hybridized carbons (Fsp3) is 0.938. The number of hydrogen-bond donors (Lipinski definition) is 16. The zero-order valence-electron chi connectivity index (χ0n) is 31.1. The number of aliphatic hydroxyl groups is 15. The minimum atomic E-state index is -2.23. The predicted octanol–water partition coefficient (Wildman–Crippen LogP) is -10.9. The fourth-order valence-electron chi connectivity index (χ4n) is 6.91. The number of aldehydes is 1. The van der Waals surface area contributed by atoms with Crippen LogP contribution in [0.4, 0.5) is 0 Å². The Bertz CT molecular complexity index is 1290. The molecule has 0 aromatic heterocycles. The lowest BCUT2D eigenvalue weighted by Gasteiger charge is -2.51. The molecule has 26 nitrogen and oxygen atoms in total. The topological polar surface area (TPSA) is 423 Å². The second-order valence-corrected chi connectivity index (χ2v) is 14.3. The fourth-order valence-corrected chi connectivity index (χ4v) is 6.91. The molecule has 4 rings (SSSR count). The summed E-state index contributed by atoms with van der Waals surface area (Å²) in [4.78, 5) is 23.9. The number of ether oxygens (including phenoxy) is 8. The molecule has 58 heavy (non-hydrogen) atoms. The Morgan fingerprint density at radius 2 is 1.12 bits per heavy atom. The Labute approximate surface area is 329 Å². The highest BCUT2D eigenvalue weighted by molar-refractivity contribution is 5.73. The van der Waals surface area contributed by atoms with E-state index in [4.69, 9.17) is 37.9 Å². The zero-order valence-corrected chi connectivity index (χ0v) is 31.1. The number of rotatable bonds is 17. The quantitative estimate of drug-likeness (QED) is 0.0604. The summed E-state index contributed by atoms with van der Waals surface area (Å²) in [6, 6.07) is -1.78. The molecule has 26 heteroatoms.